The summed E-state index contributed by atoms with van der Waals surface area (Å²) in [5.41, 5.74) is 1.60. The fourth-order valence-electron chi connectivity index (χ4n) is 1.46. The highest BCUT2D eigenvalue weighted by Gasteiger charge is 2.14. The van der Waals surface area contributed by atoms with Gasteiger partial charge in [-0.05, 0) is 54.0 Å². The van der Waals surface area contributed by atoms with Gasteiger partial charge in [0.15, 0.2) is 5.13 Å². The van der Waals surface area contributed by atoms with Crippen molar-refractivity contribution in [3.8, 4) is 0 Å². The number of carbonyl (C=O) groups is 1. The van der Waals surface area contributed by atoms with E-state index in [4.69, 9.17) is 0 Å². The van der Waals surface area contributed by atoms with E-state index in [-0.39, 0.29) is 5.91 Å². The van der Waals surface area contributed by atoms with Gasteiger partial charge in [-0.3, -0.25) is 10.1 Å². The molecule has 2 aromatic rings. The number of thiazole rings is 1. The van der Waals surface area contributed by atoms with E-state index in [0.717, 1.165) is 17.9 Å². The monoisotopic (exact) mass is 468 g/mol. The Labute approximate surface area is 141 Å². The summed E-state index contributed by atoms with van der Waals surface area (Å²) in [5.74, 6) is -0.132. The molecule has 0 aliphatic carbocycles. The molecule has 0 aliphatic rings. The van der Waals surface area contributed by atoms with Crippen LogP contribution in [0.3, 0.4) is 0 Å². The van der Waals surface area contributed by atoms with Crippen LogP contribution in [0.25, 0.3) is 0 Å². The predicted octanol–water partition coefficient (Wildman–Crippen LogP) is 4.79. The van der Waals surface area contributed by atoms with E-state index in [1.165, 1.54) is 11.3 Å². The van der Waals surface area contributed by atoms with Gasteiger partial charge in [0.1, 0.15) is 0 Å². The zero-order chi connectivity index (χ0) is 14.0. The Hall–Kier alpha value is -0.120. The van der Waals surface area contributed by atoms with Crippen molar-refractivity contribution in [1.29, 1.82) is 0 Å². The molecule has 1 heterocycles. The first-order valence-corrected chi connectivity index (χ1v) is 9.20. The number of halogens is 2. The molecule has 1 aromatic heterocycles. The molecular weight excluding hydrogens is 459 g/mol. The number of thioether (sulfide) groups is 1. The molecule has 0 bridgehead atoms. The van der Waals surface area contributed by atoms with E-state index >= 15 is 0 Å². The molecule has 2 rings (SSSR count). The van der Waals surface area contributed by atoms with Crippen LogP contribution in [-0.2, 0) is 0 Å². The summed E-state index contributed by atoms with van der Waals surface area (Å²) in [5, 5.41) is 3.49. The lowest BCUT2D eigenvalue weighted by Gasteiger charge is -2.04. The van der Waals surface area contributed by atoms with Gasteiger partial charge in [0.25, 0.3) is 5.91 Å². The molecule has 3 nitrogen and oxygen atoms in total. The minimum atomic E-state index is -0.132. The van der Waals surface area contributed by atoms with Crippen molar-refractivity contribution in [2.45, 2.75) is 11.1 Å². The second-order valence-electron chi connectivity index (χ2n) is 3.67. The van der Waals surface area contributed by atoms with E-state index in [0.29, 0.717) is 10.7 Å². The van der Waals surface area contributed by atoms with Crippen LogP contribution >= 0.6 is 61.6 Å². The summed E-state index contributed by atoms with van der Waals surface area (Å²) >= 11 is 8.67. The summed E-state index contributed by atoms with van der Waals surface area (Å²) in [6.45, 7) is 1.95. The van der Waals surface area contributed by atoms with Gasteiger partial charge in [0.2, 0.25) is 0 Å². The van der Waals surface area contributed by atoms with Gasteiger partial charge in [0, 0.05) is 8.04 Å². The summed E-state index contributed by atoms with van der Waals surface area (Å²) in [6.07, 6.45) is 2.00. The van der Waals surface area contributed by atoms with Gasteiger partial charge in [0.05, 0.1) is 15.5 Å². The number of amides is 1. The number of nitrogens with one attached hydrogen (secondary N) is 1. The van der Waals surface area contributed by atoms with Crippen LogP contribution in [-0.4, -0.2) is 17.1 Å². The average Bonchev–Trinajstić information content (AvgIpc) is 2.72. The van der Waals surface area contributed by atoms with Crippen LogP contribution < -0.4 is 5.32 Å². The van der Waals surface area contributed by atoms with Crippen molar-refractivity contribution in [2.24, 2.45) is 0 Å². The van der Waals surface area contributed by atoms with Gasteiger partial charge >= 0.3 is 0 Å². The summed E-state index contributed by atoms with van der Waals surface area (Å²) in [7, 11) is 0. The summed E-state index contributed by atoms with van der Waals surface area (Å²) in [4.78, 5) is 16.6. The third kappa shape index (κ3) is 3.71. The van der Waals surface area contributed by atoms with Crippen LogP contribution in [0.2, 0.25) is 0 Å². The molecule has 0 radical (unpaired) electrons. The second-order valence-corrected chi connectivity index (χ2v) is 7.83. The standard InChI is InChI=1S/C12H10BrIN2OS2/c1-6-11(18-2)19-12(15-6)16-10(17)8-5-7(13)3-4-9(8)14/h3-5H,1-2H3,(H,15,16,17). The van der Waals surface area contributed by atoms with Crippen LogP contribution in [0.4, 0.5) is 5.13 Å². The van der Waals surface area contributed by atoms with E-state index in [2.05, 4.69) is 48.8 Å². The van der Waals surface area contributed by atoms with Crippen LogP contribution in [0.5, 0.6) is 0 Å². The molecule has 0 atom stereocenters. The number of rotatable bonds is 3. The number of hydrogen-bond donors (Lipinski definition) is 1. The van der Waals surface area contributed by atoms with E-state index in [9.17, 15) is 4.79 Å². The lowest BCUT2D eigenvalue weighted by molar-refractivity contribution is 0.102. The first kappa shape index (κ1) is 15.3. The van der Waals surface area contributed by atoms with Crippen molar-refractivity contribution in [1.82, 2.24) is 4.98 Å². The molecule has 1 aromatic carbocycles. The Bertz CT molecular complexity index is 630. The molecule has 7 heteroatoms. The maximum atomic E-state index is 12.2. The SMILES string of the molecule is CSc1sc(NC(=O)c2cc(Br)ccc2I)nc1C. The Morgan fingerprint density at radius 1 is 1.53 bits per heavy atom. The molecule has 0 fully saturated rings. The third-order valence-electron chi connectivity index (χ3n) is 2.33. The second kappa shape index (κ2) is 6.55. The van der Waals surface area contributed by atoms with Crippen LogP contribution in [0, 0.1) is 10.5 Å². The highest BCUT2D eigenvalue weighted by Crippen LogP contribution is 2.30. The lowest BCUT2D eigenvalue weighted by Crippen LogP contribution is -2.13. The van der Waals surface area contributed by atoms with Crippen molar-refractivity contribution in [3.63, 3.8) is 0 Å². The zero-order valence-electron chi connectivity index (χ0n) is 10.2. The lowest BCUT2D eigenvalue weighted by atomic mass is 10.2. The molecule has 100 valence electrons. The molecule has 0 spiro atoms. The first-order valence-electron chi connectivity index (χ1n) is 5.29. The van der Waals surface area contributed by atoms with E-state index < -0.39 is 0 Å². The minimum Gasteiger partial charge on any atom is -0.298 e. The van der Waals surface area contributed by atoms with Crippen molar-refractivity contribution in [3.05, 3.63) is 37.5 Å². The van der Waals surface area contributed by atoms with Gasteiger partial charge in [-0.25, -0.2) is 4.98 Å². The van der Waals surface area contributed by atoms with Gasteiger partial charge in [-0.2, -0.15) is 0 Å². The number of benzene rings is 1. The Morgan fingerprint density at radius 3 is 2.89 bits per heavy atom. The number of hydrogen-bond acceptors (Lipinski definition) is 4. The van der Waals surface area contributed by atoms with Crippen molar-refractivity contribution >= 4 is 72.7 Å². The maximum Gasteiger partial charge on any atom is 0.258 e. The van der Waals surface area contributed by atoms with Crippen LogP contribution in [0.1, 0.15) is 16.1 Å². The first-order chi connectivity index (χ1) is 9.01. The number of aromatic nitrogens is 1. The average molecular weight is 469 g/mol. The Kier molecular flexibility index (Phi) is 5.27. The zero-order valence-corrected chi connectivity index (χ0v) is 15.5. The molecule has 19 heavy (non-hydrogen) atoms. The fourth-order valence-corrected chi connectivity index (χ4v) is 4.01. The Morgan fingerprint density at radius 2 is 2.26 bits per heavy atom. The van der Waals surface area contributed by atoms with Crippen LogP contribution in [0.15, 0.2) is 26.9 Å². The minimum absolute atomic E-state index is 0.132. The quantitative estimate of drug-likeness (QED) is 0.520. The molecule has 0 saturated carbocycles. The normalized spacial score (nSPS) is 10.5. The van der Waals surface area contributed by atoms with Gasteiger partial charge in [-0.1, -0.05) is 27.3 Å². The smallest absolute Gasteiger partial charge is 0.258 e. The number of aryl methyl sites for hydroxylation is 1. The predicted molar refractivity (Wildman–Crippen MR) is 93.4 cm³/mol. The largest absolute Gasteiger partial charge is 0.298 e. The van der Waals surface area contributed by atoms with E-state index in [1.54, 1.807) is 11.8 Å². The molecular formula is C12H10BrIN2OS2. The Balaban J connectivity index is 2.22. The third-order valence-corrected chi connectivity index (χ3v) is 6.05. The number of anilines is 1. The molecule has 0 saturated heterocycles. The highest BCUT2D eigenvalue weighted by molar-refractivity contribution is 14.1. The van der Waals surface area contributed by atoms with Gasteiger partial charge < -0.3 is 0 Å². The van der Waals surface area contributed by atoms with Crippen molar-refractivity contribution < 1.29 is 4.79 Å². The summed E-state index contributed by atoms with van der Waals surface area (Å²) < 4.78 is 2.93. The fraction of sp³-hybridized carbons (Fsp3) is 0.167. The van der Waals surface area contributed by atoms with Crippen molar-refractivity contribution in [2.75, 3.05) is 11.6 Å². The molecule has 1 N–H and O–H groups in total. The van der Waals surface area contributed by atoms with E-state index in [1.807, 2.05) is 31.4 Å². The maximum absolute atomic E-state index is 12.2. The number of carbonyl (C=O) groups excluding carboxylic acids is 1. The van der Waals surface area contributed by atoms with Gasteiger partial charge in [-0.15, -0.1) is 11.8 Å². The highest BCUT2D eigenvalue weighted by atomic mass is 127. The summed E-state index contributed by atoms with van der Waals surface area (Å²) in [6, 6.07) is 5.63. The molecule has 0 aliphatic heterocycles. The molecule has 1 amide bonds. The number of nitrogens with zero attached hydrogens (tertiary/aromatic N) is 1. The molecule has 0 unspecified atom stereocenters. The topological polar surface area (TPSA) is 42.0 Å².